The Hall–Kier alpha value is -1.08. The quantitative estimate of drug-likeness (QED) is 0.612. The number of amides is 1. The Labute approximate surface area is 123 Å². The molecule has 2 N–H and O–H groups in total. The Morgan fingerprint density at radius 1 is 1.20 bits per heavy atom. The summed E-state index contributed by atoms with van der Waals surface area (Å²) in [4.78, 5) is 12.4. The normalized spacial score (nSPS) is 12.8. The monoisotopic (exact) mass is 282 g/mol. The van der Waals surface area contributed by atoms with Gasteiger partial charge in [-0.25, -0.2) is 0 Å². The van der Waals surface area contributed by atoms with Gasteiger partial charge >= 0.3 is 0 Å². The smallest absolute Gasteiger partial charge is 0.240 e. The van der Waals surface area contributed by atoms with Gasteiger partial charge in [0.05, 0.1) is 6.07 Å². The molecule has 0 aliphatic heterocycles. The maximum atomic E-state index is 12.4. The van der Waals surface area contributed by atoms with Crippen LogP contribution in [-0.4, -0.2) is 24.2 Å². The van der Waals surface area contributed by atoms with E-state index in [2.05, 4.69) is 18.3 Å². The summed E-state index contributed by atoms with van der Waals surface area (Å²) in [6, 6.07) is 2.24. The zero-order valence-corrected chi connectivity index (χ0v) is 13.2. The van der Waals surface area contributed by atoms with Crippen LogP contribution in [0.5, 0.6) is 0 Å². The van der Waals surface area contributed by atoms with E-state index in [1.54, 1.807) is 0 Å². The average molecular weight is 282 g/mol. The fraction of sp³-hybridized carbons (Fsp3) is 0.875. The number of carbonyl (C=O) groups excluding carboxylic acids is 1. The molecule has 0 spiro atoms. The first-order valence-corrected chi connectivity index (χ1v) is 7.90. The van der Waals surface area contributed by atoms with E-state index in [-0.39, 0.29) is 12.5 Å². The van der Waals surface area contributed by atoms with Crippen LogP contribution < -0.4 is 5.32 Å². The average Bonchev–Trinajstić information content (AvgIpc) is 2.44. The lowest BCUT2D eigenvalue weighted by atomic mass is 9.79. The van der Waals surface area contributed by atoms with Crippen molar-refractivity contribution in [1.29, 1.82) is 5.26 Å². The maximum Gasteiger partial charge on any atom is 0.240 e. The summed E-state index contributed by atoms with van der Waals surface area (Å²) in [5, 5.41) is 21.4. The van der Waals surface area contributed by atoms with Crippen LogP contribution in [0, 0.1) is 22.7 Å². The van der Waals surface area contributed by atoms with Gasteiger partial charge in [-0.2, -0.15) is 5.26 Å². The van der Waals surface area contributed by atoms with Crippen molar-refractivity contribution in [3.8, 4) is 6.07 Å². The molecule has 4 heteroatoms. The highest BCUT2D eigenvalue weighted by atomic mass is 16.3. The van der Waals surface area contributed by atoms with Crippen LogP contribution in [0.25, 0.3) is 0 Å². The number of nitrogens with one attached hydrogen (secondary N) is 1. The van der Waals surface area contributed by atoms with Crippen LogP contribution in [0.2, 0.25) is 0 Å². The predicted molar refractivity (Wildman–Crippen MR) is 81.0 cm³/mol. The highest BCUT2D eigenvalue weighted by molar-refractivity contribution is 5.85. The summed E-state index contributed by atoms with van der Waals surface area (Å²) >= 11 is 0. The Bertz CT molecular complexity index is 298. The number of carbonyl (C=O) groups is 1. The number of hydrogen-bond donors (Lipinski definition) is 2. The zero-order valence-electron chi connectivity index (χ0n) is 13.2. The fourth-order valence-electron chi connectivity index (χ4n) is 2.71. The molecule has 0 heterocycles. The summed E-state index contributed by atoms with van der Waals surface area (Å²) in [5.41, 5.74) is -0.876. The molecule has 0 radical (unpaired) electrons. The molecule has 0 fully saturated rings. The van der Waals surface area contributed by atoms with Gasteiger partial charge < -0.3 is 10.4 Å². The van der Waals surface area contributed by atoms with Crippen LogP contribution in [0.4, 0.5) is 0 Å². The minimum atomic E-state index is -0.876. The lowest BCUT2D eigenvalue weighted by Gasteiger charge is -2.26. The minimum Gasteiger partial charge on any atom is -0.396 e. The van der Waals surface area contributed by atoms with Crippen molar-refractivity contribution in [3.05, 3.63) is 0 Å². The SMILES string of the molecule is CCCC(CCO)CNC(=O)C(C#N)(CCC)CCC. The van der Waals surface area contributed by atoms with Gasteiger partial charge in [0.15, 0.2) is 0 Å². The molecule has 0 aliphatic rings. The third-order valence-corrected chi connectivity index (χ3v) is 3.79. The van der Waals surface area contributed by atoms with E-state index >= 15 is 0 Å². The maximum absolute atomic E-state index is 12.4. The number of aliphatic hydroxyl groups excluding tert-OH is 1. The molecule has 20 heavy (non-hydrogen) atoms. The molecule has 1 atom stereocenters. The van der Waals surface area contributed by atoms with Crippen molar-refractivity contribution in [2.24, 2.45) is 11.3 Å². The molecule has 1 amide bonds. The molecule has 0 saturated heterocycles. The summed E-state index contributed by atoms with van der Waals surface area (Å²) in [7, 11) is 0. The zero-order chi connectivity index (χ0) is 15.4. The van der Waals surface area contributed by atoms with Crippen molar-refractivity contribution >= 4 is 5.91 Å². The second kappa shape index (κ2) is 10.7. The molecule has 0 rings (SSSR count). The van der Waals surface area contributed by atoms with Crippen molar-refractivity contribution in [2.75, 3.05) is 13.2 Å². The first-order chi connectivity index (χ1) is 9.60. The molecular weight excluding hydrogens is 252 g/mol. The van der Waals surface area contributed by atoms with E-state index < -0.39 is 5.41 Å². The predicted octanol–water partition coefficient (Wildman–Crippen LogP) is 3.01. The van der Waals surface area contributed by atoms with Crippen molar-refractivity contribution in [2.45, 2.75) is 65.7 Å². The number of rotatable bonds is 11. The second-order valence-corrected chi connectivity index (χ2v) is 5.57. The van der Waals surface area contributed by atoms with Gasteiger partial charge in [-0.05, 0) is 31.6 Å². The molecule has 0 bridgehead atoms. The van der Waals surface area contributed by atoms with E-state index in [4.69, 9.17) is 5.11 Å². The summed E-state index contributed by atoms with van der Waals surface area (Å²) in [6.07, 6.45) is 5.61. The Morgan fingerprint density at radius 2 is 1.80 bits per heavy atom. The largest absolute Gasteiger partial charge is 0.396 e. The standard InChI is InChI=1S/C16H30N2O2/c1-4-7-14(8-11-19)12-18-15(20)16(13-17,9-5-2)10-6-3/h14,19H,4-12H2,1-3H3,(H,18,20). The number of aliphatic hydroxyl groups is 1. The molecular formula is C16H30N2O2. The van der Waals surface area contributed by atoms with E-state index in [1.165, 1.54) is 0 Å². The first-order valence-electron chi connectivity index (χ1n) is 7.90. The molecule has 0 saturated carbocycles. The fourth-order valence-corrected chi connectivity index (χ4v) is 2.71. The minimum absolute atomic E-state index is 0.136. The van der Waals surface area contributed by atoms with Crippen LogP contribution in [0.15, 0.2) is 0 Å². The molecule has 4 nitrogen and oxygen atoms in total. The first kappa shape index (κ1) is 18.9. The van der Waals surface area contributed by atoms with E-state index in [1.807, 2.05) is 13.8 Å². The van der Waals surface area contributed by atoms with Gasteiger partial charge in [-0.15, -0.1) is 0 Å². The van der Waals surface area contributed by atoms with Crippen molar-refractivity contribution < 1.29 is 9.90 Å². The van der Waals surface area contributed by atoms with Crippen molar-refractivity contribution in [1.82, 2.24) is 5.32 Å². The van der Waals surface area contributed by atoms with Gasteiger partial charge in [-0.3, -0.25) is 4.79 Å². The molecule has 0 aromatic heterocycles. The Kier molecular flexibility index (Phi) is 10.1. The highest BCUT2D eigenvalue weighted by Crippen LogP contribution is 2.29. The third kappa shape index (κ3) is 5.92. The van der Waals surface area contributed by atoms with E-state index in [0.29, 0.717) is 31.7 Å². The van der Waals surface area contributed by atoms with Crippen LogP contribution >= 0.6 is 0 Å². The van der Waals surface area contributed by atoms with Gasteiger partial charge in [0, 0.05) is 13.2 Å². The summed E-state index contributed by atoms with van der Waals surface area (Å²) < 4.78 is 0. The van der Waals surface area contributed by atoms with Crippen molar-refractivity contribution in [3.63, 3.8) is 0 Å². The van der Waals surface area contributed by atoms with Gasteiger partial charge in [-0.1, -0.05) is 40.0 Å². The van der Waals surface area contributed by atoms with Crippen LogP contribution in [0.1, 0.15) is 65.7 Å². The van der Waals surface area contributed by atoms with Crippen LogP contribution in [-0.2, 0) is 4.79 Å². The van der Waals surface area contributed by atoms with E-state index in [0.717, 1.165) is 25.7 Å². The topological polar surface area (TPSA) is 73.1 Å². The Morgan fingerprint density at radius 3 is 2.20 bits per heavy atom. The van der Waals surface area contributed by atoms with Gasteiger partial charge in [0.1, 0.15) is 5.41 Å². The summed E-state index contributed by atoms with van der Waals surface area (Å²) in [6.45, 7) is 6.80. The lowest BCUT2D eigenvalue weighted by Crippen LogP contribution is -2.42. The van der Waals surface area contributed by atoms with Gasteiger partial charge in [0.2, 0.25) is 5.91 Å². The third-order valence-electron chi connectivity index (χ3n) is 3.79. The molecule has 1 unspecified atom stereocenters. The molecule has 0 aromatic rings. The molecule has 0 aliphatic carbocycles. The Balaban J connectivity index is 4.63. The second-order valence-electron chi connectivity index (χ2n) is 5.57. The number of hydrogen-bond acceptors (Lipinski definition) is 3. The number of nitrogens with zero attached hydrogens (tertiary/aromatic N) is 1. The summed E-state index contributed by atoms with van der Waals surface area (Å²) in [5.74, 6) is 0.163. The molecule has 0 aromatic carbocycles. The van der Waals surface area contributed by atoms with Gasteiger partial charge in [0.25, 0.3) is 0 Å². The number of nitriles is 1. The van der Waals surface area contributed by atoms with Crippen LogP contribution in [0.3, 0.4) is 0 Å². The molecule has 116 valence electrons. The van der Waals surface area contributed by atoms with E-state index in [9.17, 15) is 10.1 Å². The lowest BCUT2D eigenvalue weighted by molar-refractivity contribution is -0.129. The highest BCUT2D eigenvalue weighted by Gasteiger charge is 2.36.